The molecule has 1 nitrogen and oxygen atoms in total. The summed E-state index contributed by atoms with van der Waals surface area (Å²) in [5.41, 5.74) is 4.30. The van der Waals surface area contributed by atoms with Crippen LogP contribution in [0.5, 0.6) is 0 Å². The van der Waals surface area contributed by atoms with Crippen molar-refractivity contribution in [2.45, 2.75) is 39.3 Å². The van der Waals surface area contributed by atoms with E-state index in [-0.39, 0.29) is 17.7 Å². The van der Waals surface area contributed by atoms with Crippen molar-refractivity contribution in [1.82, 2.24) is 5.32 Å². The molecule has 0 radical (unpaired) electrons. The van der Waals surface area contributed by atoms with Gasteiger partial charge in [-0.05, 0) is 60.6 Å². The van der Waals surface area contributed by atoms with E-state index in [0.29, 0.717) is 17.7 Å². The molecule has 0 spiro atoms. The van der Waals surface area contributed by atoms with Crippen LogP contribution in [-0.4, -0.2) is 0 Å². The predicted molar refractivity (Wildman–Crippen MR) is 80.2 cm³/mol. The van der Waals surface area contributed by atoms with Crippen molar-refractivity contribution in [3.8, 4) is 0 Å². The molecule has 1 atom stereocenters. The minimum Gasteiger partial charge on any atom is -0.306 e. The van der Waals surface area contributed by atoms with E-state index in [9.17, 15) is 8.78 Å². The maximum atomic E-state index is 13.7. The Morgan fingerprint density at radius 1 is 1.14 bits per heavy atom. The molecule has 1 unspecified atom stereocenters. The summed E-state index contributed by atoms with van der Waals surface area (Å²) >= 11 is 0. The van der Waals surface area contributed by atoms with Crippen molar-refractivity contribution in [2.24, 2.45) is 0 Å². The molecule has 0 amide bonds. The molecule has 0 saturated carbocycles. The van der Waals surface area contributed by atoms with Gasteiger partial charge in [-0.25, -0.2) is 8.78 Å². The highest BCUT2D eigenvalue weighted by Gasteiger charge is 2.24. The molecule has 2 aromatic carbocycles. The summed E-state index contributed by atoms with van der Waals surface area (Å²) in [6.45, 7) is 4.24. The lowest BCUT2D eigenvalue weighted by Gasteiger charge is -2.15. The van der Waals surface area contributed by atoms with E-state index >= 15 is 0 Å². The SMILES string of the molecule is Cc1cc(CNC2CCc3c(F)cccc32)cc(C)c1F. The highest BCUT2D eigenvalue weighted by Crippen LogP contribution is 2.32. The van der Waals surface area contributed by atoms with Gasteiger partial charge in [0, 0.05) is 12.6 Å². The van der Waals surface area contributed by atoms with Crippen molar-refractivity contribution in [3.63, 3.8) is 0 Å². The Balaban J connectivity index is 1.74. The quantitative estimate of drug-likeness (QED) is 0.884. The summed E-state index contributed by atoms with van der Waals surface area (Å²) in [6, 6.07) is 9.20. The topological polar surface area (TPSA) is 12.0 Å². The van der Waals surface area contributed by atoms with E-state index in [1.165, 1.54) is 6.07 Å². The van der Waals surface area contributed by atoms with Crippen LogP contribution in [0.3, 0.4) is 0 Å². The number of nitrogens with one attached hydrogen (secondary N) is 1. The molecule has 3 heteroatoms. The lowest BCUT2D eigenvalue weighted by Crippen LogP contribution is -2.19. The second kappa shape index (κ2) is 5.57. The molecule has 0 bridgehead atoms. The largest absolute Gasteiger partial charge is 0.306 e. The number of fused-ring (bicyclic) bond motifs is 1. The summed E-state index contributed by atoms with van der Waals surface area (Å²) in [6.07, 6.45) is 1.69. The third-order valence-electron chi connectivity index (χ3n) is 4.26. The molecule has 3 rings (SSSR count). The van der Waals surface area contributed by atoms with Crippen LogP contribution >= 0.6 is 0 Å². The number of halogens is 2. The highest BCUT2D eigenvalue weighted by atomic mass is 19.1. The van der Waals surface area contributed by atoms with Gasteiger partial charge < -0.3 is 5.32 Å². The Kier molecular flexibility index (Phi) is 3.77. The summed E-state index contributed by atoms with van der Waals surface area (Å²) in [5.74, 6) is -0.239. The number of rotatable bonds is 3. The van der Waals surface area contributed by atoms with Crippen molar-refractivity contribution in [1.29, 1.82) is 0 Å². The molecule has 1 aliphatic carbocycles. The number of hydrogen-bond donors (Lipinski definition) is 1. The summed E-state index contributed by atoms with van der Waals surface area (Å²) in [5, 5.41) is 3.47. The third-order valence-corrected chi connectivity index (χ3v) is 4.26. The van der Waals surface area contributed by atoms with Crippen molar-refractivity contribution < 1.29 is 8.78 Å². The van der Waals surface area contributed by atoms with E-state index in [1.807, 2.05) is 18.2 Å². The molecule has 0 saturated heterocycles. The van der Waals surface area contributed by atoms with Crippen LogP contribution in [0.2, 0.25) is 0 Å². The average molecular weight is 287 g/mol. The van der Waals surface area contributed by atoms with Crippen LogP contribution in [0.25, 0.3) is 0 Å². The average Bonchev–Trinajstić information content (AvgIpc) is 2.87. The van der Waals surface area contributed by atoms with Gasteiger partial charge in [0.25, 0.3) is 0 Å². The van der Waals surface area contributed by atoms with E-state index in [4.69, 9.17) is 0 Å². The summed E-state index contributed by atoms with van der Waals surface area (Å²) < 4.78 is 27.3. The van der Waals surface area contributed by atoms with Crippen LogP contribution in [-0.2, 0) is 13.0 Å². The van der Waals surface area contributed by atoms with Crippen LogP contribution in [0.4, 0.5) is 8.78 Å². The number of benzene rings is 2. The first kappa shape index (κ1) is 14.2. The van der Waals surface area contributed by atoms with Crippen LogP contribution < -0.4 is 5.32 Å². The monoisotopic (exact) mass is 287 g/mol. The molecule has 1 aliphatic rings. The molecule has 0 fully saturated rings. The summed E-state index contributed by atoms with van der Waals surface area (Å²) in [7, 11) is 0. The molecule has 0 aliphatic heterocycles. The maximum absolute atomic E-state index is 13.7. The van der Waals surface area contributed by atoms with Crippen LogP contribution in [0.1, 0.15) is 40.3 Å². The normalized spacial score (nSPS) is 17.0. The second-order valence-electron chi connectivity index (χ2n) is 5.82. The first-order valence-electron chi connectivity index (χ1n) is 7.32. The predicted octanol–water partition coefficient (Wildman–Crippen LogP) is 4.36. The molecule has 1 N–H and O–H groups in total. The minimum atomic E-state index is -0.132. The zero-order chi connectivity index (χ0) is 15.0. The standard InChI is InChI=1S/C18H19F2N/c1-11-8-13(9-12(2)18(11)20)10-21-17-7-6-14-15(17)4-3-5-16(14)19/h3-5,8-9,17,21H,6-7,10H2,1-2H3. The Hall–Kier alpha value is -1.74. The van der Waals surface area contributed by atoms with E-state index < -0.39 is 0 Å². The lowest BCUT2D eigenvalue weighted by atomic mass is 10.0. The van der Waals surface area contributed by atoms with Crippen molar-refractivity contribution in [3.05, 3.63) is 69.8 Å². The fourth-order valence-electron chi connectivity index (χ4n) is 3.20. The van der Waals surface area contributed by atoms with Gasteiger partial charge in [0.1, 0.15) is 11.6 Å². The molecule has 110 valence electrons. The lowest BCUT2D eigenvalue weighted by molar-refractivity contribution is 0.528. The summed E-state index contributed by atoms with van der Waals surface area (Å²) in [4.78, 5) is 0. The van der Waals surface area contributed by atoms with Gasteiger partial charge >= 0.3 is 0 Å². The Labute approximate surface area is 124 Å². The van der Waals surface area contributed by atoms with Gasteiger partial charge in [0.05, 0.1) is 0 Å². The first-order chi connectivity index (χ1) is 10.1. The van der Waals surface area contributed by atoms with Gasteiger partial charge in [-0.1, -0.05) is 24.3 Å². The molecule has 2 aromatic rings. The molecule has 0 heterocycles. The Morgan fingerprint density at radius 2 is 1.86 bits per heavy atom. The smallest absolute Gasteiger partial charge is 0.129 e. The Bertz CT molecular complexity index is 656. The first-order valence-corrected chi connectivity index (χ1v) is 7.32. The second-order valence-corrected chi connectivity index (χ2v) is 5.82. The molecule has 21 heavy (non-hydrogen) atoms. The maximum Gasteiger partial charge on any atom is 0.129 e. The molecular formula is C18H19F2N. The zero-order valence-electron chi connectivity index (χ0n) is 12.3. The van der Waals surface area contributed by atoms with Gasteiger partial charge in [-0.2, -0.15) is 0 Å². The van der Waals surface area contributed by atoms with E-state index in [1.54, 1.807) is 19.9 Å². The van der Waals surface area contributed by atoms with Gasteiger partial charge in [-0.15, -0.1) is 0 Å². The van der Waals surface area contributed by atoms with Crippen molar-refractivity contribution >= 4 is 0 Å². The zero-order valence-corrected chi connectivity index (χ0v) is 12.3. The van der Waals surface area contributed by atoms with E-state index in [2.05, 4.69) is 5.32 Å². The Morgan fingerprint density at radius 3 is 2.57 bits per heavy atom. The highest BCUT2D eigenvalue weighted by molar-refractivity contribution is 5.36. The van der Waals surface area contributed by atoms with Crippen LogP contribution in [0.15, 0.2) is 30.3 Å². The minimum absolute atomic E-state index is 0.106. The third kappa shape index (κ3) is 2.70. The van der Waals surface area contributed by atoms with Crippen molar-refractivity contribution in [2.75, 3.05) is 0 Å². The molecule has 0 aromatic heterocycles. The number of hydrogen-bond acceptors (Lipinski definition) is 1. The van der Waals surface area contributed by atoms with Crippen LogP contribution in [0, 0.1) is 25.5 Å². The van der Waals surface area contributed by atoms with Gasteiger partial charge in [0.15, 0.2) is 0 Å². The molecular weight excluding hydrogens is 268 g/mol. The fraction of sp³-hybridized carbons (Fsp3) is 0.333. The fourth-order valence-corrected chi connectivity index (χ4v) is 3.20. The van der Waals surface area contributed by atoms with Gasteiger partial charge in [-0.3, -0.25) is 0 Å². The number of aryl methyl sites for hydroxylation is 2. The van der Waals surface area contributed by atoms with Gasteiger partial charge in [0.2, 0.25) is 0 Å². The van der Waals surface area contributed by atoms with E-state index in [0.717, 1.165) is 29.5 Å².